The summed E-state index contributed by atoms with van der Waals surface area (Å²) in [5, 5.41) is 5.33. The third-order valence-corrected chi connectivity index (χ3v) is 5.45. The number of aromatic nitrogens is 2. The molecule has 3 amide bonds. The number of benzene rings is 1. The van der Waals surface area contributed by atoms with Gasteiger partial charge in [0.15, 0.2) is 17.4 Å². The molecule has 8 nitrogen and oxygen atoms in total. The Balaban J connectivity index is 1.45. The number of hydrogen-bond donors (Lipinski definition) is 2. The number of rotatable bonds is 7. The van der Waals surface area contributed by atoms with Gasteiger partial charge in [0.25, 0.3) is 0 Å². The molecule has 0 saturated heterocycles. The van der Waals surface area contributed by atoms with Gasteiger partial charge < -0.3 is 10.2 Å². The van der Waals surface area contributed by atoms with Crippen LogP contribution >= 0.6 is 11.6 Å². The van der Waals surface area contributed by atoms with Crippen molar-refractivity contribution < 1.29 is 18.8 Å². The van der Waals surface area contributed by atoms with Crippen LogP contribution in [0.1, 0.15) is 35.9 Å². The Morgan fingerprint density at radius 3 is 2.72 bits per heavy atom. The number of ketones is 1. The molecule has 0 bridgehead atoms. The van der Waals surface area contributed by atoms with Gasteiger partial charge in [-0.2, -0.15) is 0 Å². The highest BCUT2D eigenvalue weighted by atomic mass is 35.5. The minimum Gasteiger partial charge on any atom is -0.350 e. The van der Waals surface area contributed by atoms with Gasteiger partial charge in [-0.1, -0.05) is 29.8 Å². The molecule has 2 N–H and O–H groups in total. The second-order valence-electron chi connectivity index (χ2n) is 7.57. The Bertz CT molecular complexity index is 1210. The number of amides is 3. The van der Waals surface area contributed by atoms with Crippen LogP contribution in [0.5, 0.6) is 0 Å². The maximum atomic E-state index is 14.0. The number of carbonyl (C=O) groups is 3. The molecule has 0 spiro atoms. The fraction of sp³-hybridized carbons (Fsp3) is 0.273. The largest absolute Gasteiger partial charge is 0.350 e. The molecule has 1 aliphatic carbocycles. The Hall–Kier alpha value is -3.46. The van der Waals surface area contributed by atoms with E-state index < -0.39 is 17.8 Å². The first kappa shape index (κ1) is 21.8. The lowest BCUT2D eigenvalue weighted by Crippen LogP contribution is -2.44. The smallest absolute Gasteiger partial charge is 0.323 e. The van der Waals surface area contributed by atoms with Crippen molar-refractivity contribution >= 4 is 40.7 Å². The number of halogens is 2. The number of anilines is 1. The molecule has 1 fully saturated rings. The predicted molar refractivity (Wildman–Crippen MR) is 117 cm³/mol. The van der Waals surface area contributed by atoms with Crippen molar-refractivity contribution in [2.45, 2.75) is 32.4 Å². The zero-order chi connectivity index (χ0) is 22.8. The average Bonchev–Trinajstić information content (AvgIpc) is 3.54. The van der Waals surface area contributed by atoms with Crippen molar-refractivity contribution in [1.29, 1.82) is 0 Å². The molecule has 0 radical (unpaired) electrons. The van der Waals surface area contributed by atoms with E-state index >= 15 is 0 Å². The third-order valence-electron chi connectivity index (χ3n) is 5.16. The number of urea groups is 1. The molecule has 166 valence electrons. The lowest BCUT2D eigenvalue weighted by Gasteiger charge is -2.22. The van der Waals surface area contributed by atoms with Gasteiger partial charge in [0.2, 0.25) is 5.91 Å². The SMILES string of the molecule is CC(=O)c1nc(NC(=O)N(CC(=O)NCc2cccc(Cl)c2F)C2CC2)c2ccccn12. The summed E-state index contributed by atoms with van der Waals surface area (Å²) in [5.41, 5.74) is 0.831. The first-order valence-corrected chi connectivity index (χ1v) is 10.5. The van der Waals surface area contributed by atoms with E-state index in [-0.39, 0.29) is 47.1 Å². The number of nitrogens with one attached hydrogen (secondary N) is 2. The molecule has 0 atom stereocenters. The topological polar surface area (TPSA) is 95.8 Å². The van der Waals surface area contributed by atoms with E-state index in [9.17, 15) is 18.8 Å². The maximum absolute atomic E-state index is 14.0. The fourth-order valence-electron chi connectivity index (χ4n) is 3.39. The van der Waals surface area contributed by atoms with Crippen LogP contribution in [0, 0.1) is 5.82 Å². The lowest BCUT2D eigenvalue weighted by molar-refractivity contribution is -0.121. The van der Waals surface area contributed by atoms with Gasteiger partial charge in [0.05, 0.1) is 10.5 Å². The standard InChI is InChI=1S/C22H21ClFN5O3/c1-13(30)21-26-20(17-7-2-3-10-28(17)21)27-22(32)29(15-8-9-15)12-18(31)25-11-14-5-4-6-16(23)19(14)24/h2-7,10,15H,8-9,11-12H2,1H3,(H,25,31)(H,27,32). The van der Waals surface area contributed by atoms with Crippen LogP contribution in [0.15, 0.2) is 42.6 Å². The first-order chi connectivity index (χ1) is 15.3. The van der Waals surface area contributed by atoms with E-state index in [4.69, 9.17) is 11.6 Å². The van der Waals surface area contributed by atoms with Crippen molar-refractivity contribution in [2.24, 2.45) is 0 Å². The Morgan fingerprint density at radius 2 is 2.00 bits per heavy atom. The summed E-state index contributed by atoms with van der Waals surface area (Å²) in [5.74, 6) is -0.800. The fourth-order valence-corrected chi connectivity index (χ4v) is 3.59. The van der Waals surface area contributed by atoms with Crippen molar-refractivity contribution in [3.05, 3.63) is 64.8 Å². The van der Waals surface area contributed by atoms with Gasteiger partial charge in [-0.15, -0.1) is 0 Å². The van der Waals surface area contributed by atoms with E-state index in [1.165, 1.54) is 24.0 Å². The molecule has 0 unspecified atom stereocenters. The third kappa shape index (κ3) is 4.57. The normalized spacial score (nSPS) is 13.1. The molecule has 1 aliphatic rings. The molecular formula is C22H21ClFN5O3. The molecule has 2 aromatic heterocycles. The molecule has 2 heterocycles. The van der Waals surface area contributed by atoms with Crippen LogP contribution in [0.2, 0.25) is 5.02 Å². The zero-order valence-corrected chi connectivity index (χ0v) is 18.0. The number of pyridine rings is 1. The van der Waals surface area contributed by atoms with Gasteiger partial charge in [-0.3, -0.25) is 19.3 Å². The zero-order valence-electron chi connectivity index (χ0n) is 17.3. The summed E-state index contributed by atoms with van der Waals surface area (Å²) in [7, 11) is 0. The number of nitrogens with zero attached hydrogens (tertiary/aromatic N) is 3. The van der Waals surface area contributed by atoms with Crippen LogP contribution in [-0.2, 0) is 11.3 Å². The van der Waals surface area contributed by atoms with Gasteiger partial charge in [0, 0.05) is 31.3 Å². The highest BCUT2D eigenvalue weighted by Gasteiger charge is 2.34. The summed E-state index contributed by atoms with van der Waals surface area (Å²) >= 11 is 5.77. The second kappa shape index (κ2) is 8.96. The van der Waals surface area contributed by atoms with Crippen molar-refractivity contribution in [3.63, 3.8) is 0 Å². The molecule has 0 aliphatic heterocycles. The molecule has 32 heavy (non-hydrogen) atoms. The number of hydrogen-bond acceptors (Lipinski definition) is 4. The average molecular weight is 458 g/mol. The number of Topliss-reactive ketones (excluding diaryl/α,β-unsaturated/α-hetero) is 1. The van der Waals surface area contributed by atoms with Crippen molar-refractivity contribution in [1.82, 2.24) is 19.6 Å². The van der Waals surface area contributed by atoms with Gasteiger partial charge in [-0.05, 0) is 31.0 Å². The van der Waals surface area contributed by atoms with Crippen LogP contribution in [-0.4, -0.2) is 44.6 Å². The number of fused-ring (bicyclic) bond motifs is 1. The minimum absolute atomic E-state index is 0.0204. The second-order valence-corrected chi connectivity index (χ2v) is 7.98. The molecule has 10 heteroatoms. The number of carbonyl (C=O) groups excluding carboxylic acids is 3. The summed E-state index contributed by atoms with van der Waals surface area (Å²) in [4.78, 5) is 43.0. The Labute approximate surface area is 188 Å². The van der Waals surface area contributed by atoms with Crippen LogP contribution in [0.3, 0.4) is 0 Å². The maximum Gasteiger partial charge on any atom is 0.323 e. The first-order valence-electron chi connectivity index (χ1n) is 10.1. The van der Waals surface area contributed by atoms with Crippen LogP contribution in [0.4, 0.5) is 15.0 Å². The van der Waals surface area contributed by atoms with Crippen LogP contribution < -0.4 is 10.6 Å². The summed E-state index contributed by atoms with van der Waals surface area (Å²) in [6.45, 7) is 1.17. The van der Waals surface area contributed by atoms with Crippen molar-refractivity contribution in [3.8, 4) is 0 Å². The Morgan fingerprint density at radius 1 is 1.22 bits per heavy atom. The monoisotopic (exact) mass is 457 g/mol. The molecular weight excluding hydrogens is 437 g/mol. The highest BCUT2D eigenvalue weighted by molar-refractivity contribution is 6.30. The summed E-state index contributed by atoms with van der Waals surface area (Å²) < 4.78 is 15.6. The molecule has 3 aromatic rings. The summed E-state index contributed by atoms with van der Waals surface area (Å²) in [6, 6.07) is 9.28. The molecule has 1 saturated carbocycles. The molecule has 1 aromatic carbocycles. The van der Waals surface area contributed by atoms with E-state index in [1.807, 2.05) is 0 Å². The van der Waals surface area contributed by atoms with E-state index in [0.29, 0.717) is 5.52 Å². The van der Waals surface area contributed by atoms with Gasteiger partial charge in [-0.25, -0.2) is 14.2 Å². The highest BCUT2D eigenvalue weighted by Crippen LogP contribution is 2.28. The van der Waals surface area contributed by atoms with Gasteiger partial charge >= 0.3 is 6.03 Å². The summed E-state index contributed by atoms with van der Waals surface area (Å²) in [6.07, 6.45) is 3.26. The van der Waals surface area contributed by atoms with E-state index in [0.717, 1.165) is 12.8 Å². The minimum atomic E-state index is -0.584. The Kier molecular flexibility index (Phi) is 6.09. The van der Waals surface area contributed by atoms with E-state index in [2.05, 4.69) is 15.6 Å². The van der Waals surface area contributed by atoms with Crippen LogP contribution in [0.25, 0.3) is 5.52 Å². The predicted octanol–water partition coefficient (Wildman–Crippen LogP) is 3.64. The lowest BCUT2D eigenvalue weighted by atomic mass is 10.2. The van der Waals surface area contributed by atoms with Crippen molar-refractivity contribution in [2.75, 3.05) is 11.9 Å². The molecule has 4 rings (SSSR count). The number of imidazole rings is 1. The quantitative estimate of drug-likeness (QED) is 0.529. The van der Waals surface area contributed by atoms with Gasteiger partial charge in [0.1, 0.15) is 12.4 Å². The van der Waals surface area contributed by atoms with E-state index in [1.54, 1.807) is 34.9 Å².